The molecule has 1 unspecified atom stereocenters. The van der Waals surface area contributed by atoms with E-state index in [9.17, 15) is 5.11 Å². The SMILES string of the molecule is B[C@@H]1O[C@H](CC)C(O)[C@@H]1O[C@@H]1CCCC[C@H]1OC. The van der Waals surface area contributed by atoms with Crippen LogP contribution in [0.15, 0.2) is 0 Å². The molecule has 2 aliphatic rings. The quantitative estimate of drug-likeness (QED) is 0.742. The predicted molar refractivity (Wildman–Crippen MR) is 71.4 cm³/mol. The third-order valence-electron chi connectivity index (χ3n) is 4.25. The molecule has 6 atom stereocenters. The summed E-state index contributed by atoms with van der Waals surface area (Å²) in [7, 11) is 3.72. The van der Waals surface area contributed by atoms with Crippen molar-refractivity contribution in [2.45, 2.75) is 75.6 Å². The highest BCUT2D eigenvalue weighted by atomic mass is 16.6. The van der Waals surface area contributed by atoms with Gasteiger partial charge in [-0.2, -0.15) is 0 Å². The lowest BCUT2D eigenvalue weighted by molar-refractivity contribution is -0.130. The molecular weight excluding hydrogens is 231 g/mol. The molecule has 0 radical (unpaired) electrons. The molecule has 0 aromatic carbocycles. The standard InChI is InChI=1S/C13H25BO4/c1-3-8-11(15)12(13(14)18-8)17-10-7-5-4-6-9(10)16-2/h8-13,15H,3-7,14H2,1-2H3/t8-,9-,10-,11?,12+,13-/m1/s1. The van der Waals surface area contributed by atoms with Crippen molar-refractivity contribution in [1.82, 2.24) is 0 Å². The Morgan fingerprint density at radius 3 is 2.50 bits per heavy atom. The fourth-order valence-corrected chi connectivity index (χ4v) is 3.14. The third-order valence-corrected chi connectivity index (χ3v) is 4.25. The van der Waals surface area contributed by atoms with Crippen molar-refractivity contribution in [3.63, 3.8) is 0 Å². The average Bonchev–Trinajstić information content (AvgIpc) is 2.66. The molecule has 18 heavy (non-hydrogen) atoms. The van der Waals surface area contributed by atoms with Crippen LogP contribution in [-0.2, 0) is 14.2 Å². The van der Waals surface area contributed by atoms with Gasteiger partial charge in [0.2, 0.25) is 0 Å². The van der Waals surface area contributed by atoms with Gasteiger partial charge in [-0.1, -0.05) is 19.8 Å². The second kappa shape index (κ2) is 6.37. The highest BCUT2D eigenvalue weighted by molar-refractivity contribution is 6.11. The van der Waals surface area contributed by atoms with Gasteiger partial charge in [-0.05, 0) is 19.3 Å². The third kappa shape index (κ3) is 2.90. The Labute approximate surface area is 110 Å². The first kappa shape index (κ1) is 14.3. The van der Waals surface area contributed by atoms with Crippen LogP contribution in [0, 0.1) is 0 Å². The zero-order valence-corrected chi connectivity index (χ0v) is 11.7. The fourth-order valence-electron chi connectivity index (χ4n) is 3.14. The summed E-state index contributed by atoms with van der Waals surface area (Å²) in [5.41, 5.74) is 0. The van der Waals surface area contributed by atoms with E-state index in [1.165, 1.54) is 12.8 Å². The summed E-state index contributed by atoms with van der Waals surface area (Å²) < 4.78 is 17.3. The molecule has 0 bridgehead atoms. The van der Waals surface area contributed by atoms with Crippen LogP contribution >= 0.6 is 0 Å². The van der Waals surface area contributed by atoms with Crippen LogP contribution in [0.5, 0.6) is 0 Å². The van der Waals surface area contributed by atoms with Gasteiger partial charge >= 0.3 is 0 Å². The molecule has 0 amide bonds. The Bertz CT molecular complexity index is 263. The minimum atomic E-state index is -0.510. The normalized spacial score (nSPS) is 45.3. The van der Waals surface area contributed by atoms with E-state index in [4.69, 9.17) is 14.2 Å². The van der Waals surface area contributed by atoms with Crippen LogP contribution in [0.25, 0.3) is 0 Å². The van der Waals surface area contributed by atoms with Gasteiger partial charge in [0, 0.05) is 7.11 Å². The molecule has 2 fully saturated rings. The Morgan fingerprint density at radius 2 is 1.94 bits per heavy atom. The van der Waals surface area contributed by atoms with Crippen molar-refractivity contribution < 1.29 is 19.3 Å². The molecule has 1 aliphatic heterocycles. The first-order chi connectivity index (χ1) is 8.67. The monoisotopic (exact) mass is 256 g/mol. The first-order valence-electron chi connectivity index (χ1n) is 7.19. The fraction of sp³-hybridized carbons (Fsp3) is 1.00. The second-order valence-corrected chi connectivity index (χ2v) is 5.48. The summed E-state index contributed by atoms with van der Waals surface area (Å²) >= 11 is 0. The number of hydrogen-bond acceptors (Lipinski definition) is 4. The van der Waals surface area contributed by atoms with Gasteiger partial charge in [0.15, 0.2) is 0 Å². The van der Waals surface area contributed by atoms with Gasteiger partial charge in [-0.25, -0.2) is 0 Å². The number of hydrogen-bond donors (Lipinski definition) is 1. The zero-order valence-electron chi connectivity index (χ0n) is 11.7. The summed E-state index contributed by atoms with van der Waals surface area (Å²) in [4.78, 5) is 0. The van der Waals surface area contributed by atoms with E-state index >= 15 is 0 Å². The Morgan fingerprint density at radius 1 is 1.28 bits per heavy atom. The molecule has 104 valence electrons. The molecule has 0 aromatic rings. The van der Waals surface area contributed by atoms with Crippen molar-refractivity contribution in [3.05, 3.63) is 0 Å². The van der Waals surface area contributed by atoms with Crippen molar-refractivity contribution in [1.29, 1.82) is 0 Å². The Kier molecular flexibility index (Phi) is 5.07. The first-order valence-corrected chi connectivity index (χ1v) is 7.19. The summed E-state index contributed by atoms with van der Waals surface area (Å²) in [5.74, 6) is 0. The minimum Gasteiger partial charge on any atom is -0.388 e. The molecule has 1 N–H and O–H groups in total. The molecule has 4 nitrogen and oxygen atoms in total. The Balaban J connectivity index is 1.95. The van der Waals surface area contributed by atoms with Crippen LogP contribution in [0.2, 0.25) is 0 Å². The summed E-state index contributed by atoms with van der Waals surface area (Å²) in [5, 5.41) is 10.2. The molecule has 1 saturated heterocycles. The van der Waals surface area contributed by atoms with Gasteiger partial charge in [0.05, 0.1) is 24.3 Å². The summed E-state index contributed by atoms with van der Waals surface area (Å²) in [6, 6.07) is -0.0376. The van der Waals surface area contributed by atoms with Crippen molar-refractivity contribution in [2.75, 3.05) is 7.11 Å². The largest absolute Gasteiger partial charge is 0.388 e. The van der Waals surface area contributed by atoms with Crippen molar-refractivity contribution in [2.24, 2.45) is 0 Å². The van der Waals surface area contributed by atoms with E-state index in [1.807, 2.05) is 14.8 Å². The average molecular weight is 256 g/mol. The molecule has 1 saturated carbocycles. The van der Waals surface area contributed by atoms with Gasteiger partial charge in [0.25, 0.3) is 0 Å². The molecule has 1 aliphatic carbocycles. The lowest BCUT2D eigenvalue weighted by atomic mass is 9.90. The highest BCUT2D eigenvalue weighted by Gasteiger charge is 2.43. The van der Waals surface area contributed by atoms with Gasteiger partial charge < -0.3 is 19.3 Å². The minimum absolute atomic E-state index is 0.0376. The molecule has 0 aromatic heterocycles. The lowest BCUT2D eigenvalue weighted by Gasteiger charge is -2.34. The number of methoxy groups -OCH3 is 1. The van der Waals surface area contributed by atoms with E-state index in [0.717, 1.165) is 19.3 Å². The predicted octanol–water partition coefficient (Wildman–Crippen LogP) is 0.458. The maximum atomic E-state index is 10.2. The summed E-state index contributed by atoms with van der Waals surface area (Å²) in [6.07, 6.45) is 4.74. The van der Waals surface area contributed by atoms with E-state index in [0.29, 0.717) is 0 Å². The van der Waals surface area contributed by atoms with Crippen LogP contribution in [0.3, 0.4) is 0 Å². The maximum Gasteiger partial charge on any atom is 0.142 e. The second-order valence-electron chi connectivity index (χ2n) is 5.48. The topological polar surface area (TPSA) is 47.9 Å². The van der Waals surface area contributed by atoms with E-state index < -0.39 is 6.10 Å². The zero-order chi connectivity index (χ0) is 13.1. The van der Waals surface area contributed by atoms with Gasteiger partial charge in [0.1, 0.15) is 20.1 Å². The number of aliphatic hydroxyl groups is 1. The Hall–Kier alpha value is -0.0951. The molecule has 1 heterocycles. The van der Waals surface area contributed by atoms with Crippen LogP contribution in [0.4, 0.5) is 0 Å². The van der Waals surface area contributed by atoms with Gasteiger partial charge in [-0.3, -0.25) is 0 Å². The smallest absolute Gasteiger partial charge is 0.142 e. The van der Waals surface area contributed by atoms with Crippen LogP contribution < -0.4 is 0 Å². The van der Waals surface area contributed by atoms with Crippen molar-refractivity contribution >= 4 is 7.85 Å². The molecule has 0 spiro atoms. The molecule has 2 rings (SSSR count). The molecule has 5 heteroatoms. The van der Waals surface area contributed by atoms with Crippen LogP contribution in [-0.4, -0.2) is 56.6 Å². The highest BCUT2D eigenvalue weighted by Crippen LogP contribution is 2.30. The number of rotatable bonds is 4. The van der Waals surface area contributed by atoms with Gasteiger partial charge in [-0.15, -0.1) is 0 Å². The summed E-state index contributed by atoms with van der Waals surface area (Å²) in [6.45, 7) is 2.03. The number of aliphatic hydroxyl groups excluding tert-OH is 1. The van der Waals surface area contributed by atoms with Crippen LogP contribution in [0.1, 0.15) is 39.0 Å². The van der Waals surface area contributed by atoms with E-state index in [2.05, 4.69) is 0 Å². The number of ether oxygens (including phenoxy) is 3. The van der Waals surface area contributed by atoms with Crippen molar-refractivity contribution in [3.8, 4) is 0 Å². The maximum absolute atomic E-state index is 10.2. The lowest BCUT2D eigenvalue weighted by Crippen LogP contribution is -2.43. The van der Waals surface area contributed by atoms with E-state index in [1.54, 1.807) is 7.11 Å². The molecular formula is C13H25BO4. The van der Waals surface area contributed by atoms with E-state index in [-0.39, 0.29) is 30.4 Å².